The minimum absolute atomic E-state index is 0.0177. The SMILES string of the molecule is O=C(O)CCC(=O)NCCc1cccc(OCc2ccc(F)cc2)c1. The quantitative estimate of drug-likeness (QED) is 0.733. The van der Waals surface area contributed by atoms with Crippen LogP contribution in [0.15, 0.2) is 48.5 Å². The van der Waals surface area contributed by atoms with Crippen LogP contribution in [0.3, 0.4) is 0 Å². The number of benzene rings is 2. The number of hydrogen-bond acceptors (Lipinski definition) is 3. The lowest BCUT2D eigenvalue weighted by Gasteiger charge is -2.09. The van der Waals surface area contributed by atoms with Gasteiger partial charge in [0.2, 0.25) is 5.91 Å². The third-order valence-corrected chi connectivity index (χ3v) is 3.52. The molecule has 0 radical (unpaired) electrons. The maximum Gasteiger partial charge on any atom is 0.303 e. The van der Waals surface area contributed by atoms with Gasteiger partial charge in [-0.2, -0.15) is 0 Å². The molecule has 0 fully saturated rings. The fourth-order valence-corrected chi connectivity index (χ4v) is 2.19. The number of carbonyl (C=O) groups excluding carboxylic acids is 1. The topological polar surface area (TPSA) is 75.6 Å². The van der Waals surface area contributed by atoms with Gasteiger partial charge in [0.25, 0.3) is 0 Å². The van der Waals surface area contributed by atoms with Crippen molar-refractivity contribution in [1.29, 1.82) is 0 Å². The van der Waals surface area contributed by atoms with E-state index in [9.17, 15) is 14.0 Å². The Morgan fingerprint density at radius 2 is 1.80 bits per heavy atom. The molecule has 0 atom stereocenters. The summed E-state index contributed by atoms with van der Waals surface area (Å²) in [7, 11) is 0. The Labute approximate surface area is 145 Å². The van der Waals surface area contributed by atoms with E-state index in [2.05, 4.69) is 5.32 Å². The summed E-state index contributed by atoms with van der Waals surface area (Å²) in [5.74, 6) is -0.845. The van der Waals surface area contributed by atoms with Crippen LogP contribution >= 0.6 is 0 Å². The first-order valence-corrected chi connectivity index (χ1v) is 7.97. The van der Waals surface area contributed by atoms with E-state index in [0.717, 1.165) is 11.1 Å². The van der Waals surface area contributed by atoms with Crippen LogP contribution in [0.4, 0.5) is 4.39 Å². The van der Waals surface area contributed by atoms with E-state index in [1.54, 1.807) is 12.1 Å². The molecule has 5 nitrogen and oxygen atoms in total. The van der Waals surface area contributed by atoms with Crippen LogP contribution in [-0.4, -0.2) is 23.5 Å². The van der Waals surface area contributed by atoms with Gasteiger partial charge in [-0.15, -0.1) is 0 Å². The summed E-state index contributed by atoms with van der Waals surface area (Å²) in [6, 6.07) is 13.6. The highest BCUT2D eigenvalue weighted by atomic mass is 19.1. The van der Waals surface area contributed by atoms with Crippen LogP contribution in [0.2, 0.25) is 0 Å². The van der Waals surface area contributed by atoms with Gasteiger partial charge in [0.05, 0.1) is 6.42 Å². The van der Waals surface area contributed by atoms with Crippen LogP contribution < -0.4 is 10.1 Å². The standard InChI is InChI=1S/C19H20FNO4/c20-16-6-4-15(5-7-16)13-25-17-3-1-2-14(12-17)10-11-21-18(22)8-9-19(23)24/h1-7,12H,8-11,13H2,(H,21,22)(H,23,24). The first-order valence-electron chi connectivity index (χ1n) is 7.97. The summed E-state index contributed by atoms with van der Waals surface area (Å²) in [5.41, 5.74) is 1.87. The van der Waals surface area contributed by atoms with Crippen LogP contribution in [0.25, 0.3) is 0 Å². The number of hydrogen-bond donors (Lipinski definition) is 2. The summed E-state index contributed by atoms with van der Waals surface area (Å²) in [6.07, 6.45) is 0.432. The number of aliphatic carboxylic acids is 1. The summed E-state index contributed by atoms with van der Waals surface area (Å²) < 4.78 is 18.6. The molecule has 25 heavy (non-hydrogen) atoms. The molecule has 0 aromatic heterocycles. The molecule has 0 spiro atoms. The van der Waals surface area contributed by atoms with Gasteiger partial charge in [-0.3, -0.25) is 9.59 Å². The summed E-state index contributed by atoms with van der Waals surface area (Å²) in [6.45, 7) is 0.773. The minimum Gasteiger partial charge on any atom is -0.489 e. The molecule has 0 unspecified atom stereocenters. The van der Waals surface area contributed by atoms with E-state index >= 15 is 0 Å². The zero-order valence-corrected chi connectivity index (χ0v) is 13.7. The molecule has 6 heteroatoms. The molecule has 1 amide bonds. The molecule has 0 aliphatic rings. The number of halogens is 1. The molecular weight excluding hydrogens is 325 g/mol. The summed E-state index contributed by atoms with van der Waals surface area (Å²) in [5, 5.41) is 11.2. The van der Waals surface area contributed by atoms with Gasteiger partial charge >= 0.3 is 5.97 Å². The highest BCUT2D eigenvalue weighted by molar-refractivity contribution is 5.80. The molecule has 2 N–H and O–H groups in total. The van der Waals surface area contributed by atoms with E-state index in [-0.39, 0.29) is 24.6 Å². The van der Waals surface area contributed by atoms with Crippen molar-refractivity contribution in [2.45, 2.75) is 25.9 Å². The minimum atomic E-state index is -0.985. The van der Waals surface area contributed by atoms with Gasteiger partial charge < -0.3 is 15.2 Å². The lowest BCUT2D eigenvalue weighted by atomic mass is 10.1. The van der Waals surface area contributed by atoms with E-state index in [1.807, 2.05) is 24.3 Å². The molecule has 0 bridgehead atoms. The Kier molecular flexibility index (Phi) is 6.95. The van der Waals surface area contributed by atoms with Crippen molar-refractivity contribution >= 4 is 11.9 Å². The van der Waals surface area contributed by atoms with Crippen molar-refractivity contribution in [1.82, 2.24) is 5.32 Å². The molecule has 0 heterocycles. The molecule has 2 aromatic carbocycles. The monoisotopic (exact) mass is 345 g/mol. The predicted molar refractivity (Wildman–Crippen MR) is 90.8 cm³/mol. The van der Waals surface area contributed by atoms with Crippen molar-refractivity contribution in [3.8, 4) is 5.75 Å². The van der Waals surface area contributed by atoms with Crippen LogP contribution in [0.1, 0.15) is 24.0 Å². The summed E-state index contributed by atoms with van der Waals surface area (Å²) >= 11 is 0. The Morgan fingerprint density at radius 1 is 1.04 bits per heavy atom. The van der Waals surface area contributed by atoms with Gasteiger partial charge in [0.1, 0.15) is 18.2 Å². The molecule has 0 aliphatic carbocycles. The van der Waals surface area contributed by atoms with Crippen molar-refractivity contribution in [3.63, 3.8) is 0 Å². The largest absolute Gasteiger partial charge is 0.489 e. The van der Waals surface area contributed by atoms with Gasteiger partial charge in [-0.1, -0.05) is 24.3 Å². The second-order valence-electron chi connectivity index (χ2n) is 5.56. The van der Waals surface area contributed by atoms with Gasteiger partial charge in [-0.25, -0.2) is 4.39 Å². The third-order valence-electron chi connectivity index (χ3n) is 3.52. The fraction of sp³-hybridized carbons (Fsp3) is 0.263. The highest BCUT2D eigenvalue weighted by Crippen LogP contribution is 2.15. The zero-order chi connectivity index (χ0) is 18.1. The van der Waals surface area contributed by atoms with E-state index < -0.39 is 5.97 Å². The van der Waals surface area contributed by atoms with Crippen LogP contribution in [0.5, 0.6) is 5.75 Å². The van der Waals surface area contributed by atoms with Crippen molar-refractivity contribution in [3.05, 3.63) is 65.5 Å². The van der Waals surface area contributed by atoms with Crippen LogP contribution in [-0.2, 0) is 22.6 Å². The lowest BCUT2D eigenvalue weighted by molar-refractivity contribution is -0.138. The van der Waals surface area contributed by atoms with Gasteiger partial charge in [-0.05, 0) is 41.8 Å². The smallest absolute Gasteiger partial charge is 0.303 e. The average Bonchev–Trinajstić information content (AvgIpc) is 2.60. The van der Waals surface area contributed by atoms with E-state index in [0.29, 0.717) is 25.3 Å². The van der Waals surface area contributed by atoms with Crippen molar-refractivity contribution < 1.29 is 23.8 Å². The molecule has 132 valence electrons. The van der Waals surface area contributed by atoms with Crippen molar-refractivity contribution in [2.24, 2.45) is 0 Å². The Balaban J connectivity index is 1.77. The predicted octanol–water partition coefficient (Wildman–Crippen LogP) is 2.93. The third kappa shape index (κ3) is 7.03. The average molecular weight is 345 g/mol. The molecule has 0 saturated carbocycles. The second kappa shape index (κ2) is 9.42. The molecule has 0 saturated heterocycles. The molecule has 2 rings (SSSR count). The highest BCUT2D eigenvalue weighted by Gasteiger charge is 2.05. The number of nitrogens with one attached hydrogen (secondary N) is 1. The first kappa shape index (κ1) is 18.4. The molecule has 0 aliphatic heterocycles. The first-order chi connectivity index (χ1) is 12.0. The van der Waals surface area contributed by atoms with Gasteiger partial charge in [0, 0.05) is 13.0 Å². The Morgan fingerprint density at radius 3 is 2.52 bits per heavy atom. The van der Waals surface area contributed by atoms with E-state index in [4.69, 9.17) is 9.84 Å². The maximum absolute atomic E-state index is 12.9. The number of rotatable bonds is 9. The maximum atomic E-state index is 12.9. The van der Waals surface area contributed by atoms with Crippen LogP contribution in [0, 0.1) is 5.82 Å². The molecule has 2 aromatic rings. The lowest BCUT2D eigenvalue weighted by Crippen LogP contribution is -2.26. The normalized spacial score (nSPS) is 10.3. The number of carboxylic acids is 1. The van der Waals surface area contributed by atoms with Crippen molar-refractivity contribution in [2.75, 3.05) is 6.54 Å². The number of carbonyl (C=O) groups is 2. The zero-order valence-electron chi connectivity index (χ0n) is 13.7. The number of ether oxygens (including phenoxy) is 1. The van der Waals surface area contributed by atoms with Gasteiger partial charge in [0.15, 0.2) is 0 Å². The summed E-state index contributed by atoms with van der Waals surface area (Å²) in [4.78, 5) is 21.9. The van der Waals surface area contributed by atoms with E-state index in [1.165, 1.54) is 12.1 Å². The second-order valence-corrected chi connectivity index (χ2v) is 5.56. The number of amides is 1. The number of carboxylic acid groups (broad SMARTS) is 1. The fourth-order valence-electron chi connectivity index (χ4n) is 2.19. The molecular formula is C19H20FNO4. The Bertz CT molecular complexity index is 716. The Hall–Kier alpha value is -2.89.